The number of fused-ring (bicyclic) bond motifs is 1. The lowest BCUT2D eigenvalue weighted by molar-refractivity contribution is -0.116. The second-order valence-electron chi connectivity index (χ2n) is 4.28. The van der Waals surface area contributed by atoms with Crippen molar-refractivity contribution < 1.29 is 9.53 Å². The molecule has 2 rings (SSSR count). The number of anilines is 1. The van der Waals surface area contributed by atoms with Gasteiger partial charge in [0.05, 0.1) is 16.8 Å². The average Bonchev–Trinajstić information content (AvgIpc) is 2.80. The molecule has 0 saturated heterocycles. The van der Waals surface area contributed by atoms with Crippen LogP contribution in [0, 0.1) is 0 Å². The molecule has 20 heavy (non-hydrogen) atoms. The number of ether oxygens (including phenoxy) is 1. The first kappa shape index (κ1) is 15.3. The Balaban J connectivity index is 2.02. The summed E-state index contributed by atoms with van der Waals surface area (Å²) < 4.78 is 6.48. The Morgan fingerprint density at radius 1 is 1.45 bits per heavy atom. The fourth-order valence-electron chi connectivity index (χ4n) is 1.78. The van der Waals surface area contributed by atoms with Gasteiger partial charge in [0.2, 0.25) is 5.91 Å². The minimum Gasteiger partial charge on any atom is -0.494 e. The van der Waals surface area contributed by atoms with Gasteiger partial charge in [0.15, 0.2) is 5.13 Å². The molecule has 0 unspecified atom stereocenters. The second kappa shape index (κ2) is 7.59. The van der Waals surface area contributed by atoms with Crippen LogP contribution in [-0.2, 0) is 4.79 Å². The van der Waals surface area contributed by atoms with Gasteiger partial charge in [0, 0.05) is 11.8 Å². The van der Waals surface area contributed by atoms with Crippen molar-refractivity contribution in [1.82, 2.24) is 4.98 Å². The second-order valence-corrected chi connectivity index (χ2v) is 6.10. The Kier molecular flexibility index (Phi) is 5.79. The molecule has 0 spiro atoms. The van der Waals surface area contributed by atoms with E-state index in [4.69, 9.17) is 4.74 Å². The predicted molar refractivity (Wildman–Crippen MR) is 87.1 cm³/mol. The fourth-order valence-corrected chi connectivity index (χ4v) is 3.08. The lowest BCUT2D eigenvalue weighted by atomic mass is 10.2. The molecule has 0 radical (unpaired) electrons. The van der Waals surface area contributed by atoms with Gasteiger partial charge in [-0.3, -0.25) is 4.79 Å². The highest BCUT2D eigenvalue weighted by Crippen LogP contribution is 2.29. The molecule has 0 saturated carbocycles. The molecule has 0 aliphatic rings. The van der Waals surface area contributed by atoms with Crippen LogP contribution in [0.2, 0.25) is 0 Å². The summed E-state index contributed by atoms with van der Waals surface area (Å²) in [4.78, 5) is 16.2. The fraction of sp³-hybridized carbons (Fsp3) is 0.429. The van der Waals surface area contributed by atoms with Gasteiger partial charge in [-0.25, -0.2) is 4.98 Å². The number of rotatable bonds is 7. The summed E-state index contributed by atoms with van der Waals surface area (Å²) in [6.07, 6.45) is 2.42. The van der Waals surface area contributed by atoms with Crippen molar-refractivity contribution in [2.24, 2.45) is 0 Å². The summed E-state index contributed by atoms with van der Waals surface area (Å²) in [6.45, 7) is 2.59. The maximum atomic E-state index is 11.7. The SMILES string of the molecule is CCOc1ccc2nc(NC(=O)CCCCBr)sc2c1. The van der Waals surface area contributed by atoms with E-state index < -0.39 is 0 Å². The molecule has 1 heterocycles. The van der Waals surface area contributed by atoms with Crippen molar-refractivity contribution in [3.63, 3.8) is 0 Å². The van der Waals surface area contributed by atoms with Gasteiger partial charge in [0.25, 0.3) is 0 Å². The van der Waals surface area contributed by atoms with Gasteiger partial charge >= 0.3 is 0 Å². The molecule has 0 aliphatic heterocycles. The molecule has 0 aliphatic carbocycles. The first-order valence-electron chi connectivity index (χ1n) is 6.62. The number of carbonyl (C=O) groups is 1. The maximum Gasteiger partial charge on any atom is 0.226 e. The number of halogens is 1. The number of amides is 1. The molecule has 1 amide bonds. The number of hydrogen-bond acceptors (Lipinski definition) is 4. The summed E-state index contributed by atoms with van der Waals surface area (Å²) in [5.41, 5.74) is 0.884. The van der Waals surface area contributed by atoms with E-state index in [-0.39, 0.29) is 5.91 Å². The number of thiazole rings is 1. The molecule has 0 atom stereocenters. The molecule has 1 N–H and O–H groups in total. The zero-order valence-electron chi connectivity index (χ0n) is 11.3. The number of unbranched alkanes of at least 4 members (excludes halogenated alkanes) is 1. The topological polar surface area (TPSA) is 51.2 Å². The highest BCUT2D eigenvalue weighted by molar-refractivity contribution is 9.09. The van der Waals surface area contributed by atoms with Crippen LogP contribution in [0.15, 0.2) is 18.2 Å². The van der Waals surface area contributed by atoms with E-state index in [1.807, 2.05) is 25.1 Å². The van der Waals surface area contributed by atoms with E-state index in [1.54, 1.807) is 0 Å². The van der Waals surface area contributed by atoms with Crippen molar-refractivity contribution in [2.75, 3.05) is 17.3 Å². The molecule has 4 nitrogen and oxygen atoms in total. The van der Waals surface area contributed by atoms with Gasteiger partial charge in [-0.05, 0) is 38.0 Å². The maximum absolute atomic E-state index is 11.7. The number of aromatic nitrogens is 1. The van der Waals surface area contributed by atoms with Crippen molar-refractivity contribution in [1.29, 1.82) is 0 Å². The van der Waals surface area contributed by atoms with Crippen LogP contribution in [0.3, 0.4) is 0 Å². The number of carbonyl (C=O) groups excluding carboxylic acids is 1. The molecular formula is C14H17BrN2O2S. The zero-order valence-corrected chi connectivity index (χ0v) is 13.7. The quantitative estimate of drug-likeness (QED) is 0.597. The molecule has 2 aromatic rings. The normalized spacial score (nSPS) is 10.7. The summed E-state index contributed by atoms with van der Waals surface area (Å²) in [7, 11) is 0. The number of alkyl halides is 1. The molecule has 6 heteroatoms. The average molecular weight is 357 g/mol. The third kappa shape index (κ3) is 4.18. The standard InChI is InChI=1S/C14H17BrN2O2S/c1-2-19-10-6-7-11-12(9-10)20-14(16-11)17-13(18)5-3-4-8-15/h6-7,9H,2-5,8H2,1H3,(H,16,17,18). The van der Waals surface area contributed by atoms with Gasteiger partial charge in [-0.2, -0.15) is 0 Å². The Morgan fingerprint density at radius 3 is 3.05 bits per heavy atom. The lowest BCUT2D eigenvalue weighted by Gasteiger charge is -2.00. The van der Waals surface area contributed by atoms with Crippen LogP contribution in [-0.4, -0.2) is 22.8 Å². The third-order valence-electron chi connectivity index (χ3n) is 2.70. The first-order chi connectivity index (χ1) is 9.72. The Labute approximate surface area is 130 Å². The van der Waals surface area contributed by atoms with Crippen molar-refractivity contribution in [3.05, 3.63) is 18.2 Å². The van der Waals surface area contributed by atoms with Crippen molar-refractivity contribution in [2.45, 2.75) is 26.2 Å². The molecule has 0 bridgehead atoms. The summed E-state index contributed by atoms with van der Waals surface area (Å²) in [5, 5.41) is 4.44. The molecular weight excluding hydrogens is 340 g/mol. The van der Waals surface area contributed by atoms with Crippen LogP contribution in [0.1, 0.15) is 26.2 Å². The van der Waals surface area contributed by atoms with E-state index in [1.165, 1.54) is 11.3 Å². The minimum absolute atomic E-state index is 0.0232. The Hall–Kier alpha value is -1.14. The highest BCUT2D eigenvalue weighted by Gasteiger charge is 2.08. The van der Waals surface area contributed by atoms with E-state index in [0.29, 0.717) is 18.2 Å². The van der Waals surface area contributed by atoms with E-state index in [0.717, 1.165) is 34.1 Å². The molecule has 1 aromatic carbocycles. The van der Waals surface area contributed by atoms with E-state index >= 15 is 0 Å². The minimum atomic E-state index is 0.0232. The van der Waals surface area contributed by atoms with Gasteiger partial charge < -0.3 is 10.1 Å². The highest BCUT2D eigenvalue weighted by atomic mass is 79.9. The molecule has 0 fully saturated rings. The van der Waals surface area contributed by atoms with E-state index in [2.05, 4.69) is 26.2 Å². The summed E-state index contributed by atoms with van der Waals surface area (Å²) in [5.74, 6) is 0.855. The zero-order chi connectivity index (χ0) is 14.4. The predicted octanol–water partition coefficient (Wildman–Crippen LogP) is 4.20. The van der Waals surface area contributed by atoms with Gasteiger partial charge in [-0.15, -0.1) is 0 Å². The monoisotopic (exact) mass is 356 g/mol. The number of nitrogens with one attached hydrogen (secondary N) is 1. The van der Waals surface area contributed by atoms with Crippen LogP contribution in [0.5, 0.6) is 5.75 Å². The van der Waals surface area contributed by atoms with Crippen LogP contribution >= 0.6 is 27.3 Å². The molecule has 108 valence electrons. The third-order valence-corrected chi connectivity index (χ3v) is 4.20. The van der Waals surface area contributed by atoms with Crippen molar-refractivity contribution >= 4 is 48.5 Å². The molecule has 1 aromatic heterocycles. The Bertz CT molecular complexity index is 586. The number of benzene rings is 1. The smallest absolute Gasteiger partial charge is 0.226 e. The van der Waals surface area contributed by atoms with Gasteiger partial charge in [0.1, 0.15) is 5.75 Å². The number of nitrogens with zero attached hydrogens (tertiary/aromatic N) is 1. The first-order valence-corrected chi connectivity index (χ1v) is 8.56. The summed E-state index contributed by atoms with van der Waals surface area (Å²) in [6, 6.07) is 5.77. The Morgan fingerprint density at radius 2 is 2.30 bits per heavy atom. The summed E-state index contributed by atoms with van der Waals surface area (Å²) >= 11 is 4.83. The largest absolute Gasteiger partial charge is 0.494 e. The lowest BCUT2D eigenvalue weighted by Crippen LogP contribution is -2.10. The van der Waals surface area contributed by atoms with Gasteiger partial charge in [-0.1, -0.05) is 27.3 Å². The van der Waals surface area contributed by atoms with Crippen LogP contribution < -0.4 is 10.1 Å². The van der Waals surface area contributed by atoms with Crippen LogP contribution in [0.4, 0.5) is 5.13 Å². The van der Waals surface area contributed by atoms with Crippen molar-refractivity contribution in [3.8, 4) is 5.75 Å². The number of hydrogen-bond donors (Lipinski definition) is 1. The van der Waals surface area contributed by atoms with E-state index in [9.17, 15) is 4.79 Å². The van der Waals surface area contributed by atoms with Crippen LogP contribution in [0.25, 0.3) is 10.2 Å².